The molecule has 0 aromatic heterocycles. The Hall–Kier alpha value is -0.640. The summed E-state index contributed by atoms with van der Waals surface area (Å²) in [6, 6.07) is 0. The number of hydrogen-bond acceptors (Lipinski definition) is 2. The van der Waals surface area contributed by atoms with Gasteiger partial charge in [-0.25, -0.2) is 0 Å². The van der Waals surface area contributed by atoms with E-state index in [1.807, 2.05) is 0 Å². The van der Waals surface area contributed by atoms with Crippen LogP contribution in [0.4, 0.5) is 0 Å². The standard InChI is InChI=1S/C14H26N2OS/c1-9-6-14(7-9,11(15)18)12(17)16-8-10(2)13(3,4)5/h9-10H,6-8H2,1-5H3,(H2,15,18)(H,16,17). The Labute approximate surface area is 116 Å². The van der Waals surface area contributed by atoms with Crippen LogP contribution >= 0.6 is 12.2 Å². The minimum Gasteiger partial charge on any atom is -0.392 e. The van der Waals surface area contributed by atoms with Gasteiger partial charge in [-0.05, 0) is 30.1 Å². The van der Waals surface area contributed by atoms with Gasteiger partial charge in [-0.15, -0.1) is 0 Å². The normalized spacial score (nSPS) is 29.3. The van der Waals surface area contributed by atoms with Crippen LogP contribution in [0.3, 0.4) is 0 Å². The van der Waals surface area contributed by atoms with E-state index >= 15 is 0 Å². The van der Waals surface area contributed by atoms with Crippen molar-refractivity contribution >= 4 is 23.1 Å². The molecule has 1 unspecified atom stereocenters. The Bertz CT molecular complexity index is 340. The summed E-state index contributed by atoms with van der Waals surface area (Å²) in [6.45, 7) is 11.5. The molecule has 1 aliphatic rings. The molecule has 0 aromatic carbocycles. The molecule has 0 bridgehead atoms. The van der Waals surface area contributed by atoms with E-state index in [0.717, 1.165) is 12.8 Å². The third-order valence-electron chi connectivity index (χ3n) is 4.35. The summed E-state index contributed by atoms with van der Waals surface area (Å²) in [5.41, 5.74) is 5.37. The van der Waals surface area contributed by atoms with Gasteiger partial charge in [0.1, 0.15) is 0 Å². The van der Waals surface area contributed by atoms with Crippen molar-refractivity contribution in [3.05, 3.63) is 0 Å². The van der Waals surface area contributed by atoms with Crippen molar-refractivity contribution in [3.8, 4) is 0 Å². The second-order valence-electron chi connectivity index (χ2n) is 6.94. The van der Waals surface area contributed by atoms with Crippen LogP contribution in [0.2, 0.25) is 0 Å². The zero-order chi connectivity index (χ0) is 14.1. The second kappa shape index (κ2) is 5.16. The van der Waals surface area contributed by atoms with Crippen molar-refractivity contribution in [2.24, 2.45) is 28.4 Å². The lowest BCUT2D eigenvalue weighted by molar-refractivity contribution is -0.133. The van der Waals surface area contributed by atoms with E-state index in [2.05, 4.69) is 39.9 Å². The van der Waals surface area contributed by atoms with Gasteiger partial charge in [0.25, 0.3) is 0 Å². The van der Waals surface area contributed by atoms with E-state index in [0.29, 0.717) is 23.4 Å². The molecule has 18 heavy (non-hydrogen) atoms. The van der Waals surface area contributed by atoms with Gasteiger partial charge in [-0.3, -0.25) is 4.79 Å². The maximum atomic E-state index is 12.3. The molecular weight excluding hydrogens is 244 g/mol. The molecule has 1 aliphatic carbocycles. The Morgan fingerprint density at radius 3 is 2.33 bits per heavy atom. The third kappa shape index (κ3) is 3.02. The van der Waals surface area contributed by atoms with E-state index in [1.54, 1.807) is 0 Å². The Morgan fingerprint density at radius 1 is 1.50 bits per heavy atom. The Kier molecular flexibility index (Phi) is 4.42. The van der Waals surface area contributed by atoms with E-state index in [4.69, 9.17) is 18.0 Å². The molecule has 0 saturated heterocycles. The minimum absolute atomic E-state index is 0.0178. The quantitative estimate of drug-likeness (QED) is 0.772. The van der Waals surface area contributed by atoms with Crippen molar-refractivity contribution in [1.82, 2.24) is 5.32 Å². The molecule has 4 heteroatoms. The SMILES string of the molecule is CC1CC(C(=O)NCC(C)C(C)(C)C)(C(N)=S)C1. The van der Waals surface area contributed by atoms with E-state index < -0.39 is 5.41 Å². The van der Waals surface area contributed by atoms with Crippen LogP contribution in [0.25, 0.3) is 0 Å². The van der Waals surface area contributed by atoms with Crippen molar-refractivity contribution in [2.45, 2.75) is 47.5 Å². The van der Waals surface area contributed by atoms with Crippen LogP contribution < -0.4 is 11.1 Å². The highest BCUT2D eigenvalue weighted by Crippen LogP contribution is 2.46. The topological polar surface area (TPSA) is 55.1 Å². The number of nitrogens with one attached hydrogen (secondary N) is 1. The molecule has 1 saturated carbocycles. The molecule has 1 rings (SSSR count). The minimum atomic E-state index is -0.577. The largest absolute Gasteiger partial charge is 0.392 e. The average Bonchev–Trinajstić information content (AvgIpc) is 2.18. The summed E-state index contributed by atoms with van der Waals surface area (Å²) >= 11 is 5.08. The molecule has 0 radical (unpaired) electrons. The van der Waals surface area contributed by atoms with Crippen LogP contribution in [-0.4, -0.2) is 17.4 Å². The molecule has 1 atom stereocenters. The average molecular weight is 270 g/mol. The van der Waals surface area contributed by atoms with Crippen molar-refractivity contribution in [2.75, 3.05) is 6.54 Å². The van der Waals surface area contributed by atoms with Crippen molar-refractivity contribution in [3.63, 3.8) is 0 Å². The number of rotatable bonds is 4. The fourth-order valence-electron chi connectivity index (χ4n) is 2.35. The van der Waals surface area contributed by atoms with Gasteiger partial charge in [0, 0.05) is 6.54 Å². The highest BCUT2D eigenvalue weighted by molar-refractivity contribution is 7.80. The lowest BCUT2D eigenvalue weighted by Gasteiger charge is -2.44. The summed E-state index contributed by atoms with van der Waals surface area (Å²) in [6.07, 6.45) is 1.58. The lowest BCUT2D eigenvalue weighted by Crippen LogP contribution is -2.56. The van der Waals surface area contributed by atoms with E-state index in [9.17, 15) is 4.79 Å². The number of thiocarbonyl (C=S) groups is 1. The van der Waals surface area contributed by atoms with E-state index in [1.165, 1.54) is 0 Å². The van der Waals surface area contributed by atoms with Gasteiger partial charge < -0.3 is 11.1 Å². The van der Waals surface area contributed by atoms with E-state index in [-0.39, 0.29) is 11.3 Å². The molecule has 0 spiro atoms. The highest BCUT2D eigenvalue weighted by Gasteiger charge is 2.50. The van der Waals surface area contributed by atoms with Gasteiger partial charge in [-0.2, -0.15) is 0 Å². The monoisotopic (exact) mass is 270 g/mol. The predicted octanol–water partition coefficient (Wildman–Crippen LogP) is 2.49. The smallest absolute Gasteiger partial charge is 0.233 e. The first-order valence-corrected chi connectivity index (χ1v) is 7.08. The van der Waals surface area contributed by atoms with Crippen molar-refractivity contribution < 1.29 is 4.79 Å². The molecule has 1 amide bonds. The molecule has 1 fully saturated rings. The highest BCUT2D eigenvalue weighted by atomic mass is 32.1. The third-order valence-corrected chi connectivity index (χ3v) is 4.74. The number of hydrogen-bond donors (Lipinski definition) is 2. The second-order valence-corrected chi connectivity index (χ2v) is 7.38. The molecule has 3 N–H and O–H groups in total. The summed E-state index contributed by atoms with van der Waals surface area (Å²) in [4.78, 5) is 12.6. The summed E-state index contributed by atoms with van der Waals surface area (Å²) in [7, 11) is 0. The number of carbonyl (C=O) groups is 1. The number of nitrogens with two attached hydrogens (primary N) is 1. The Morgan fingerprint density at radius 2 is 2.00 bits per heavy atom. The first-order valence-electron chi connectivity index (χ1n) is 6.68. The summed E-state index contributed by atoms with van der Waals surface area (Å²) < 4.78 is 0. The fraction of sp³-hybridized carbons (Fsp3) is 0.857. The zero-order valence-corrected chi connectivity index (χ0v) is 13.0. The molecular formula is C14H26N2OS. The summed E-state index contributed by atoms with van der Waals surface area (Å²) in [5, 5.41) is 3.03. The summed E-state index contributed by atoms with van der Waals surface area (Å²) in [5.74, 6) is 0.976. The van der Waals surface area contributed by atoms with Crippen molar-refractivity contribution in [1.29, 1.82) is 0 Å². The zero-order valence-electron chi connectivity index (χ0n) is 12.2. The maximum absolute atomic E-state index is 12.3. The van der Waals surface area contributed by atoms with Crippen LogP contribution in [0.1, 0.15) is 47.5 Å². The molecule has 3 nitrogen and oxygen atoms in total. The van der Waals surface area contributed by atoms with Crippen LogP contribution in [-0.2, 0) is 4.79 Å². The first-order chi connectivity index (χ1) is 8.09. The van der Waals surface area contributed by atoms with Crippen LogP contribution in [0.5, 0.6) is 0 Å². The first kappa shape index (κ1) is 15.4. The van der Waals surface area contributed by atoms with Gasteiger partial charge in [0.05, 0.1) is 10.4 Å². The number of amides is 1. The van der Waals surface area contributed by atoms with Gasteiger partial charge >= 0.3 is 0 Å². The molecule has 0 aliphatic heterocycles. The predicted molar refractivity (Wildman–Crippen MR) is 79.2 cm³/mol. The van der Waals surface area contributed by atoms with Crippen LogP contribution in [0, 0.1) is 22.7 Å². The van der Waals surface area contributed by atoms with Gasteiger partial charge in [0.2, 0.25) is 5.91 Å². The number of carbonyl (C=O) groups excluding carboxylic acids is 1. The molecule has 104 valence electrons. The maximum Gasteiger partial charge on any atom is 0.233 e. The lowest BCUT2D eigenvalue weighted by atomic mass is 9.62. The van der Waals surface area contributed by atoms with Gasteiger partial charge in [0.15, 0.2) is 0 Å². The fourth-order valence-corrected chi connectivity index (χ4v) is 2.61. The molecule has 0 heterocycles. The van der Waals surface area contributed by atoms with Crippen LogP contribution in [0.15, 0.2) is 0 Å². The molecule has 0 aromatic rings. The van der Waals surface area contributed by atoms with Gasteiger partial charge in [-0.1, -0.05) is 46.8 Å². The Balaban J connectivity index is 2.58.